The molecule has 2 amide bonds. The van der Waals surface area contributed by atoms with Crippen LogP contribution in [0.1, 0.15) is 62.7 Å². The minimum atomic E-state index is -0.507. The Hall–Kier alpha value is -2.41. The maximum atomic E-state index is 13.8. The molecule has 3 fully saturated rings. The standard InChI is InChI=1S/C25H33N3O4/c1-2-7-16-10-11-19-22-21(25(32)26-12-4-3-5-13-26)18(15-29)20(14-27(19)23(16)30)28(22)24(31)17-8-6-9-17/h2,7,10-11,17-18,20-22,29H,3-6,8-9,12-15H2,1H3/t18-,20-,21+,22+/m0/s1. The van der Waals surface area contributed by atoms with Crippen LogP contribution in [0.3, 0.4) is 0 Å². The SMILES string of the molecule is CC=Cc1ccc2n(c1=O)C[C@H]1[C@H](CO)[C@@H](C(=O)N3CCCCC3)[C@@H]2N1C(=O)C1CCC1. The van der Waals surface area contributed by atoms with E-state index in [1.165, 1.54) is 0 Å². The summed E-state index contributed by atoms with van der Waals surface area (Å²) in [6, 6.07) is 2.90. The number of carbonyl (C=O) groups excluding carboxylic acids is 2. The summed E-state index contributed by atoms with van der Waals surface area (Å²) in [7, 11) is 0. The number of aliphatic hydroxyl groups is 1. The van der Waals surface area contributed by atoms with Crippen LogP contribution >= 0.6 is 0 Å². The smallest absolute Gasteiger partial charge is 0.258 e. The highest BCUT2D eigenvalue weighted by atomic mass is 16.3. The van der Waals surface area contributed by atoms with Crippen LogP contribution in [-0.2, 0) is 16.1 Å². The van der Waals surface area contributed by atoms with Crippen molar-refractivity contribution in [3.05, 3.63) is 39.8 Å². The zero-order valence-corrected chi connectivity index (χ0v) is 18.8. The fraction of sp³-hybridized carbons (Fsp3) is 0.640. The van der Waals surface area contributed by atoms with Crippen molar-refractivity contribution in [3.8, 4) is 0 Å². The van der Waals surface area contributed by atoms with E-state index >= 15 is 0 Å². The van der Waals surface area contributed by atoms with E-state index in [4.69, 9.17) is 0 Å². The lowest BCUT2D eigenvalue weighted by Crippen LogP contribution is -2.52. The zero-order valence-electron chi connectivity index (χ0n) is 18.8. The van der Waals surface area contributed by atoms with Crippen LogP contribution in [0.5, 0.6) is 0 Å². The molecule has 1 aliphatic carbocycles. The van der Waals surface area contributed by atoms with Gasteiger partial charge in [-0.15, -0.1) is 0 Å². The van der Waals surface area contributed by atoms with E-state index in [1.807, 2.05) is 28.9 Å². The molecule has 172 valence electrons. The van der Waals surface area contributed by atoms with Gasteiger partial charge < -0.3 is 19.5 Å². The molecule has 0 unspecified atom stereocenters. The number of pyridine rings is 1. The molecule has 0 spiro atoms. The van der Waals surface area contributed by atoms with Gasteiger partial charge in [0.25, 0.3) is 5.56 Å². The predicted octanol–water partition coefficient (Wildman–Crippen LogP) is 2.18. The van der Waals surface area contributed by atoms with Crippen LogP contribution in [0.2, 0.25) is 0 Å². The highest BCUT2D eigenvalue weighted by molar-refractivity contribution is 5.86. The molecule has 1 aromatic heterocycles. The van der Waals surface area contributed by atoms with Crippen molar-refractivity contribution in [1.29, 1.82) is 0 Å². The molecular formula is C25H33N3O4. The third kappa shape index (κ3) is 3.24. The summed E-state index contributed by atoms with van der Waals surface area (Å²) in [5, 5.41) is 10.4. The fourth-order valence-corrected chi connectivity index (χ4v) is 6.20. The van der Waals surface area contributed by atoms with Gasteiger partial charge >= 0.3 is 0 Å². The van der Waals surface area contributed by atoms with Gasteiger partial charge in [0.05, 0.1) is 18.0 Å². The number of hydrogen-bond acceptors (Lipinski definition) is 4. The Morgan fingerprint density at radius 2 is 1.84 bits per heavy atom. The molecule has 2 bridgehead atoms. The van der Waals surface area contributed by atoms with Gasteiger partial charge in [0.15, 0.2) is 0 Å². The second-order valence-electron chi connectivity index (χ2n) is 9.77. The van der Waals surface area contributed by atoms with Gasteiger partial charge in [0.2, 0.25) is 11.8 Å². The zero-order chi connectivity index (χ0) is 22.4. The lowest BCUT2D eigenvalue weighted by atomic mass is 9.83. The minimum absolute atomic E-state index is 0.00347. The quantitative estimate of drug-likeness (QED) is 0.780. The van der Waals surface area contributed by atoms with Gasteiger partial charge in [-0.3, -0.25) is 14.4 Å². The monoisotopic (exact) mass is 439 g/mol. The summed E-state index contributed by atoms with van der Waals surface area (Å²) < 4.78 is 1.75. The van der Waals surface area contributed by atoms with E-state index in [2.05, 4.69) is 0 Å². The molecule has 7 nitrogen and oxygen atoms in total. The van der Waals surface area contributed by atoms with E-state index in [0.717, 1.165) is 57.3 Å². The lowest BCUT2D eigenvalue weighted by Gasteiger charge is -2.42. The van der Waals surface area contributed by atoms with Crippen LogP contribution in [0.15, 0.2) is 23.0 Å². The number of likely N-dealkylation sites (tertiary alicyclic amines) is 1. The van der Waals surface area contributed by atoms with Gasteiger partial charge in [-0.2, -0.15) is 0 Å². The second-order valence-corrected chi connectivity index (χ2v) is 9.77. The van der Waals surface area contributed by atoms with E-state index in [1.54, 1.807) is 16.7 Å². The summed E-state index contributed by atoms with van der Waals surface area (Å²) in [6.07, 6.45) is 9.57. The normalized spacial score (nSPS) is 29.8. The summed E-state index contributed by atoms with van der Waals surface area (Å²) >= 11 is 0. The first-order valence-electron chi connectivity index (χ1n) is 12.1. The highest BCUT2D eigenvalue weighted by Crippen LogP contribution is 2.50. The van der Waals surface area contributed by atoms with Crippen LogP contribution in [0, 0.1) is 17.8 Å². The first kappa shape index (κ1) is 21.4. The Morgan fingerprint density at radius 1 is 1.09 bits per heavy atom. The predicted molar refractivity (Wildman–Crippen MR) is 121 cm³/mol. The Kier molecular flexibility index (Phi) is 5.70. The van der Waals surface area contributed by atoms with Crippen molar-refractivity contribution in [2.75, 3.05) is 19.7 Å². The molecule has 4 heterocycles. The van der Waals surface area contributed by atoms with Gasteiger partial charge in [-0.25, -0.2) is 0 Å². The number of allylic oxidation sites excluding steroid dienone is 1. The van der Waals surface area contributed by atoms with Crippen molar-refractivity contribution in [1.82, 2.24) is 14.4 Å². The average Bonchev–Trinajstić information content (AvgIpc) is 3.01. The number of aromatic nitrogens is 1. The topological polar surface area (TPSA) is 82.8 Å². The molecule has 4 aliphatic rings. The van der Waals surface area contributed by atoms with Gasteiger partial charge in [0, 0.05) is 49.3 Å². The number of nitrogens with zero attached hydrogens (tertiary/aromatic N) is 3. The Morgan fingerprint density at radius 3 is 2.47 bits per heavy atom. The summed E-state index contributed by atoms with van der Waals surface area (Å²) in [4.78, 5) is 44.3. The van der Waals surface area contributed by atoms with Crippen molar-refractivity contribution in [3.63, 3.8) is 0 Å². The molecule has 32 heavy (non-hydrogen) atoms. The number of hydrogen-bond donors (Lipinski definition) is 1. The number of amides is 2. The van der Waals surface area contributed by atoms with Crippen molar-refractivity contribution in [2.45, 2.75) is 64.1 Å². The number of piperidine rings is 1. The first-order valence-corrected chi connectivity index (χ1v) is 12.1. The lowest BCUT2D eigenvalue weighted by molar-refractivity contribution is -0.144. The van der Waals surface area contributed by atoms with Crippen LogP contribution in [0.25, 0.3) is 6.08 Å². The second kappa shape index (κ2) is 8.50. The largest absolute Gasteiger partial charge is 0.396 e. The van der Waals surface area contributed by atoms with Gasteiger partial charge in [-0.05, 0) is 51.2 Å². The first-order chi connectivity index (χ1) is 15.6. The molecule has 2 saturated heterocycles. The van der Waals surface area contributed by atoms with E-state index in [-0.39, 0.29) is 41.9 Å². The Labute approximate surface area is 188 Å². The molecule has 3 aliphatic heterocycles. The minimum Gasteiger partial charge on any atom is -0.396 e. The average molecular weight is 440 g/mol. The third-order valence-corrected chi connectivity index (χ3v) is 8.08. The van der Waals surface area contributed by atoms with Crippen LogP contribution in [-0.4, -0.2) is 57.0 Å². The molecule has 1 aromatic rings. The molecule has 1 saturated carbocycles. The molecule has 7 heteroatoms. The van der Waals surface area contributed by atoms with E-state index < -0.39 is 12.0 Å². The van der Waals surface area contributed by atoms with Gasteiger partial charge in [0.1, 0.15) is 0 Å². The number of rotatable bonds is 4. The highest BCUT2D eigenvalue weighted by Gasteiger charge is 2.58. The van der Waals surface area contributed by atoms with E-state index in [9.17, 15) is 19.5 Å². The summed E-state index contributed by atoms with van der Waals surface area (Å²) in [5.74, 6) is -0.740. The van der Waals surface area contributed by atoms with Crippen LogP contribution in [0.4, 0.5) is 0 Å². The molecule has 4 atom stereocenters. The molecule has 1 N–H and O–H groups in total. The van der Waals surface area contributed by atoms with Crippen molar-refractivity contribution < 1.29 is 14.7 Å². The van der Waals surface area contributed by atoms with Crippen LogP contribution < -0.4 is 5.56 Å². The number of fused-ring (bicyclic) bond motifs is 4. The van der Waals surface area contributed by atoms with Crippen molar-refractivity contribution >= 4 is 17.9 Å². The maximum absolute atomic E-state index is 13.8. The number of carbonyl (C=O) groups is 2. The maximum Gasteiger partial charge on any atom is 0.258 e. The van der Waals surface area contributed by atoms with Gasteiger partial charge in [-0.1, -0.05) is 18.6 Å². The van der Waals surface area contributed by atoms with E-state index in [0.29, 0.717) is 12.1 Å². The summed E-state index contributed by atoms with van der Waals surface area (Å²) in [5.41, 5.74) is 1.25. The third-order valence-electron chi connectivity index (χ3n) is 8.08. The summed E-state index contributed by atoms with van der Waals surface area (Å²) in [6.45, 7) is 3.51. The number of aliphatic hydroxyl groups excluding tert-OH is 1. The molecule has 5 rings (SSSR count). The Balaban J connectivity index is 1.61. The Bertz CT molecular complexity index is 989. The molecular weight excluding hydrogens is 406 g/mol. The fourth-order valence-electron chi connectivity index (χ4n) is 6.20. The molecule has 0 radical (unpaired) electrons. The molecule has 0 aromatic carbocycles. The van der Waals surface area contributed by atoms with Crippen molar-refractivity contribution in [2.24, 2.45) is 17.8 Å².